The zero-order valence-electron chi connectivity index (χ0n) is 8.63. The fourth-order valence-corrected chi connectivity index (χ4v) is 1.92. The van der Waals surface area contributed by atoms with Gasteiger partial charge >= 0.3 is 0 Å². The third kappa shape index (κ3) is 2.32. The van der Waals surface area contributed by atoms with Crippen molar-refractivity contribution in [1.29, 1.82) is 0 Å². The molecule has 0 radical (unpaired) electrons. The summed E-state index contributed by atoms with van der Waals surface area (Å²) in [5.74, 6) is 0.733. The van der Waals surface area contributed by atoms with Gasteiger partial charge in [-0.1, -0.05) is 6.07 Å². The number of benzene rings is 1. The molecule has 0 amide bonds. The predicted molar refractivity (Wildman–Crippen MR) is 59.4 cm³/mol. The number of rotatable bonds is 3. The van der Waals surface area contributed by atoms with Gasteiger partial charge in [-0.2, -0.15) is 0 Å². The van der Waals surface area contributed by atoms with E-state index in [9.17, 15) is 4.79 Å². The molecule has 15 heavy (non-hydrogen) atoms. The number of aryl methyl sites for hydroxylation is 2. The molecule has 0 aliphatic heterocycles. The van der Waals surface area contributed by atoms with Crippen LogP contribution in [0.2, 0.25) is 0 Å². The van der Waals surface area contributed by atoms with Gasteiger partial charge in [0, 0.05) is 0 Å². The average molecular weight is 225 g/mol. The Morgan fingerprint density at radius 2 is 2.13 bits per heavy atom. The molecular formula is C12H13ClO2. The van der Waals surface area contributed by atoms with E-state index in [0.717, 1.165) is 18.6 Å². The summed E-state index contributed by atoms with van der Waals surface area (Å²) in [5.41, 5.74) is 2.73. The van der Waals surface area contributed by atoms with Crippen molar-refractivity contribution in [1.82, 2.24) is 0 Å². The van der Waals surface area contributed by atoms with Crippen molar-refractivity contribution in [2.75, 3.05) is 0 Å². The van der Waals surface area contributed by atoms with Crippen LogP contribution in [0.1, 0.15) is 24.5 Å². The van der Waals surface area contributed by atoms with Crippen LogP contribution in [0.4, 0.5) is 0 Å². The van der Waals surface area contributed by atoms with Crippen LogP contribution in [0.15, 0.2) is 18.2 Å². The summed E-state index contributed by atoms with van der Waals surface area (Å²) < 4.78 is 5.42. The van der Waals surface area contributed by atoms with E-state index in [2.05, 4.69) is 6.07 Å². The number of hydrogen-bond acceptors (Lipinski definition) is 2. The lowest BCUT2D eigenvalue weighted by molar-refractivity contribution is -0.117. The van der Waals surface area contributed by atoms with Crippen molar-refractivity contribution in [3.05, 3.63) is 29.3 Å². The number of carbonyl (C=O) groups excluding carboxylic acids is 1. The molecule has 2 nitrogen and oxygen atoms in total. The van der Waals surface area contributed by atoms with E-state index < -0.39 is 11.3 Å². The number of fused-ring (bicyclic) bond motifs is 1. The summed E-state index contributed by atoms with van der Waals surface area (Å²) in [6, 6.07) is 5.99. The second-order valence-corrected chi connectivity index (χ2v) is 4.22. The molecule has 0 saturated carbocycles. The van der Waals surface area contributed by atoms with Crippen molar-refractivity contribution >= 4 is 16.8 Å². The van der Waals surface area contributed by atoms with Gasteiger partial charge in [0.05, 0.1) is 0 Å². The molecule has 1 aliphatic carbocycles. The van der Waals surface area contributed by atoms with Gasteiger partial charge in [0.2, 0.25) is 0 Å². The highest BCUT2D eigenvalue weighted by molar-refractivity contribution is 6.64. The van der Waals surface area contributed by atoms with Crippen molar-refractivity contribution in [3.63, 3.8) is 0 Å². The van der Waals surface area contributed by atoms with E-state index in [4.69, 9.17) is 16.3 Å². The Hall–Kier alpha value is -1.02. The molecule has 0 saturated heterocycles. The summed E-state index contributed by atoms with van der Waals surface area (Å²) in [6.07, 6.45) is 2.89. The standard InChI is InChI=1S/C12H13ClO2/c1-8(12(13)14)15-11-6-5-9-3-2-4-10(9)7-11/h5-8H,2-4H2,1H3/t8-/m0/s1. The zero-order chi connectivity index (χ0) is 10.8. The highest BCUT2D eigenvalue weighted by Crippen LogP contribution is 2.26. The van der Waals surface area contributed by atoms with Gasteiger partial charge < -0.3 is 4.74 Å². The smallest absolute Gasteiger partial charge is 0.262 e. The SMILES string of the molecule is C[C@H](Oc1ccc2c(c1)CCC2)C(=O)Cl. The first kappa shape index (κ1) is 10.5. The van der Waals surface area contributed by atoms with E-state index in [0.29, 0.717) is 0 Å². The van der Waals surface area contributed by atoms with Crippen LogP contribution in [-0.4, -0.2) is 11.3 Å². The Balaban J connectivity index is 2.13. The molecule has 1 aromatic carbocycles. The quantitative estimate of drug-likeness (QED) is 0.738. The van der Waals surface area contributed by atoms with Crippen LogP contribution in [0.3, 0.4) is 0 Å². The van der Waals surface area contributed by atoms with Crippen LogP contribution in [0.5, 0.6) is 5.75 Å². The second kappa shape index (κ2) is 4.23. The van der Waals surface area contributed by atoms with Gasteiger partial charge in [-0.05, 0) is 61.0 Å². The molecular weight excluding hydrogens is 212 g/mol. The molecule has 0 unspecified atom stereocenters. The van der Waals surface area contributed by atoms with E-state index in [1.54, 1.807) is 6.92 Å². The highest BCUT2D eigenvalue weighted by Gasteiger charge is 2.14. The Bertz CT molecular complexity index is 387. The summed E-state index contributed by atoms with van der Waals surface area (Å²) in [4.78, 5) is 10.8. The molecule has 80 valence electrons. The van der Waals surface area contributed by atoms with E-state index in [-0.39, 0.29) is 0 Å². The van der Waals surface area contributed by atoms with Crippen molar-refractivity contribution in [2.24, 2.45) is 0 Å². The van der Waals surface area contributed by atoms with Gasteiger partial charge in [-0.25, -0.2) is 0 Å². The van der Waals surface area contributed by atoms with Gasteiger partial charge in [0.1, 0.15) is 5.75 Å². The van der Waals surface area contributed by atoms with E-state index >= 15 is 0 Å². The maximum Gasteiger partial charge on any atom is 0.262 e. The molecule has 1 atom stereocenters. The minimum Gasteiger partial charge on any atom is -0.482 e. The normalized spacial score (nSPS) is 15.9. The fraction of sp³-hybridized carbons (Fsp3) is 0.417. The first-order valence-corrected chi connectivity index (χ1v) is 5.52. The topological polar surface area (TPSA) is 26.3 Å². The van der Waals surface area contributed by atoms with Gasteiger partial charge in [0.15, 0.2) is 6.10 Å². The maximum absolute atomic E-state index is 10.8. The van der Waals surface area contributed by atoms with Crippen molar-refractivity contribution in [2.45, 2.75) is 32.3 Å². The summed E-state index contributed by atoms with van der Waals surface area (Å²) >= 11 is 5.33. The van der Waals surface area contributed by atoms with Gasteiger partial charge in [-0.3, -0.25) is 4.79 Å². The minimum atomic E-state index is -0.578. The van der Waals surface area contributed by atoms with Crippen LogP contribution < -0.4 is 4.74 Å². The lowest BCUT2D eigenvalue weighted by atomic mass is 10.1. The first-order valence-electron chi connectivity index (χ1n) is 5.14. The Kier molecular flexibility index (Phi) is 2.96. The maximum atomic E-state index is 10.8. The second-order valence-electron chi connectivity index (χ2n) is 3.85. The van der Waals surface area contributed by atoms with Gasteiger partial charge in [-0.15, -0.1) is 0 Å². The Morgan fingerprint density at radius 1 is 1.40 bits per heavy atom. The molecule has 0 aromatic heterocycles. The molecule has 0 heterocycles. The van der Waals surface area contributed by atoms with Crippen molar-refractivity contribution < 1.29 is 9.53 Å². The molecule has 1 aliphatic rings. The van der Waals surface area contributed by atoms with Crippen LogP contribution in [-0.2, 0) is 17.6 Å². The average Bonchev–Trinajstić information content (AvgIpc) is 2.64. The molecule has 1 aromatic rings. The van der Waals surface area contributed by atoms with Gasteiger partial charge in [0.25, 0.3) is 5.24 Å². The Labute approximate surface area is 94.2 Å². The number of carbonyl (C=O) groups is 1. The Morgan fingerprint density at radius 3 is 2.87 bits per heavy atom. The van der Waals surface area contributed by atoms with Crippen LogP contribution in [0.25, 0.3) is 0 Å². The van der Waals surface area contributed by atoms with Crippen LogP contribution >= 0.6 is 11.6 Å². The molecule has 0 bridgehead atoms. The molecule has 0 spiro atoms. The monoisotopic (exact) mass is 224 g/mol. The molecule has 0 fully saturated rings. The minimum absolute atomic E-state index is 0.463. The van der Waals surface area contributed by atoms with Crippen molar-refractivity contribution in [3.8, 4) is 5.75 Å². The third-order valence-corrected chi connectivity index (χ3v) is 3.01. The molecule has 2 rings (SSSR count). The summed E-state index contributed by atoms with van der Waals surface area (Å²) in [7, 11) is 0. The molecule has 0 N–H and O–H groups in total. The third-order valence-electron chi connectivity index (χ3n) is 2.70. The number of halogens is 1. The first-order chi connectivity index (χ1) is 7.16. The number of hydrogen-bond donors (Lipinski definition) is 0. The number of ether oxygens (including phenoxy) is 1. The van der Waals surface area contributed by atoms with Crippen LogP contribution in [0, 0.1) is 0 Å². The zero-order valence-corrected chi connectivity index (χ0v) is 9.38. The summed E-state index contributed by atoms with van der Waals surface area (Å²) in [5, 5.41) is -0.463. The fourth-order valence-electron chi connectivity index (χ4n) is 1.87. The van der Waals surface area contributed by atoms with E-state index in [1.165, 1.54) is 17.5 Å². The largest absolute Gasteiger partial charge is 0.482 e. The molecule has 3 heteroatoms. The highest BCUT2D eigenvalue weighted by atomic mass is 35.5. The van der Waals surface area contributed by atoms with E-state index in [1.807, 2.05) is 12.1 Å². The lowest BCUT2D eigenvalue weighted by Crippen LogP contribution is -2.18. The predicted octanol–water partition coefficient (Wildman–Crippen LogP) is 2.71. The lowest BCUT2D eigenvalue weighted by Gasteiger charge is -2.11. The summed E-state index contributed by atoms with van der Waals surface area (Å²) in [6.45, 7) is 1.66.